The Balaban J connectivity index is 2.33. The van der Waals surface area contributed by atoms with Crippen molar-refractivity contribution in [2.24, 2.45) is 0 Å². The summed E-state index contributed by atoms with van der Waals surface area (Å²) in [6, 6.07) is 6.46. The molecule has 0 spiro atoms. The molecule has 1 aromatic carbocycles. The smallest absolute Gasteiger partial charge is 0.243 e. The molecule has 1 aromatic rings. The van der Waals surface area contributed by atoms with E-state index in [1.165, 1.54) is 11.2 Å². The normalized spacial score (nSPS) is 21.0. The van der Waals surface area contributed by atoms with E-state index in [-0.39, 0.29) is 11.8 Å². The lowest BCUT2D eigenvalue weighted by molar-refractivity contribution is -0.117. The Morgan fingerprint density at radius 3 is 2.52 bits per heavy atom. The fraction of sp³-hybridized carbons (Fsp3) is 0.533. The summed E-state index contributed by atoms with van der Waals surface area (Å²) in [5.41, 5.74) is 0. The molecule has 0 aromatic heterocycles. The van der Waals surface area contributed by atoms with Crippen molar-refractivity contribution < 1.29 is 13.2 Å². The van der Waals surface area contributed by atoms with Gasteiger partial charge in [0.05, 0.1) is 4.90 Å². The van der Waals surface area contributed by atoms with E-state index in [0.29, 0.717) is 17.9 Å². The van der Waals surface area contributed by atoms with E-state index in [4.69, 9.17) is 0 Å². The first-order chi connectivity index (χ1) is 9.91. The highest BCUT2D eigenvalue weighted by atomic mass is 79.9. The van der Waals surface area contributed by atoms with Crippen molar-refractivity contribution in [2.45, 2.75) is 50.0 Å². The first-order valence-electron chi connectivity index (χ1n) is 7.18. The molecular formula is C15H20BrNO3S. The van der Waals surface area contributed by atoms with Gasteiger partial charge in [0.1, 0.15) is 5.78 Å². The monoisotopic (exact) mass is 373 g/mol. The predicted molar refractivity (Wildman–Crippen MR) is 85.6 cm³/mol. The quantitative estimate of drug-likeness (QED) is 0.812. The fourth-order valence-electron chi connectivity index (χ4n) is 2.75. The van der Waals surface area contributed by atoms with Crippen molar-refractivity contribution >= 4 is 31.7 Å². The Bertz CT molecular complexity index is 598. The number of benzene rings is 1. The van der Waals surface area contributed by atoms with Gasteiger partial charge in [0, 0.05) is 23.5 Å². The van der Waals surface area contributed by atoms with Crippen molar-refractivity contribution in [3.63, 3.8) is 0 Å². The van der Waals surface area contributed by atoms with E-state index in [9.17, 15) is 13.2 Å². The van der Waals surface area contributed by atoms with Crippen LogP contribution in [0.3, 0.4) is 0 Å². The van der Waals surface area contributed by atoms with E-state index in [1.54, 1.807) is 24.3 Å². The van der Waals surface area contributed by atoms with Gasteiger partial charge in [0.2, 0.25) is 10.0 Å². The van der Waals surface area contributed by atoms with Crippen LogP contribution >= 0.6 is 15.9 Å². The summed E-state index contributed by atoms with van der Waals surface area (Å²) in [6.45, 7) is 2.02. The molecule has 1 heterocycles. The first kappa shape index (κ1) is 16.6. The lowest BCUT2D eigenvalue weighted by Gasteiger charge is -2.28. The second-order valence-electron chi connectivity index (χ2n) is 5.48. The number of halogens is 1. The van der Waals surface area contributed by atoms with Gasteiger partial charge in [0.15, 0.2) is 0 Å². The van der Waals surface area contributed by atoms with Gasteiger partial charge >= 0.3 is 0 Å². The van der Waals surface area contributed by atoms with Crippen LogP contribution in [0.25, 0.3) is 0 Å². The number of carbonyl (C=O) groups excluding carboxylic acids is 1. The summed E-state index contributed by atoms with van der Waals surface area (Å²) >= 11 is 3.31. The molecule has 1 saturated heterocycles. The van der Waals surface area contributed by atoms with Crippen LogP contribution in [0.2, 0.25) is 0 Å². The Kier molecular flexibility index (Phi) is 5.57. The Labute approximate surface area is 134 Å². The topological polar surface area (TPSA) is 54.5 Å². The first-order valence-corrected chi connectivity index (χ1v) is 9.41. The zero-order valence-corrected chi connectivity index (χ0v) is 14.5. The highest BCUT2D eigenvalue weighted by Gasteiger charge is 2.32. The standard InChI is InChI=1S/C15H20BrNO3S/c1-12(18)11-14-5-3-2-4-10-17(14)21(19,20)15-8-6-13(16)7-9-15/h6-9,14H,2-5,10-11H2,1H3. The number of rotatable bonds is 4. The molecule has 0 N–H and O–H groups in total. The van der Waals surface area contributed by atoms with Crippen LogP contribution in [-0.2, 0) is 14.8 Å². The van der Waals surface area contributed by atoms with Crippen LogP contribution in [0.4, 0.5) is 0 Å². The van der Waals surface area contributed by atoms with E-state index in [0.717, 1.165) is 30.2 Å². The van der Waals surface area contributed by atoms with Gasteiger partial charge < -0.3 is 0 Å². The third kappa shape index (κ3) is 4.14. The average molecular weight is 374 g/mol. The van der Waals surface area contributed by atoms with E-state index >= 15 is 0 Å². The van der Waals surface area contributed by atoms with Gasteiger partial charge in [-0.05, 0) is 44.0 Å². The lowest BCUT2D eigenvalue weighted by atomic mass is 10.1. The summed E-state index contributed by atoms with van der Waals surface area (Å²) < 4.78 is 28.1. The molecule has 1 unspecified atom stereocenters. The summed E-state index contributed by atoms with van der Waals surface area (Å²) in [5, 5.41) is 0. The number of nitrogens with zero attached hydrogens (tertiary/aromatic N) is 1. The van der Waals surface area contributed by atoms with Gasteiger partial charge in [0.25, 0.3) is 0 Å². The van der Waals surface area contributed by atoms with Crippen LogP contribution in [0, 0.1) is 0 Å². The minimum atomic E-state index is -3.54. The minimum absolute atomic E-state index is 0.0397. The van der Waals surface area contributed by atoms with Crippen molar-refractivity contribution in [3.05, 3.63) is 28.7 Å². The SMILES string of the molecule is CC(=O)CC1CCCCCN1S(=O)(=O)c1ccc(Br)cc1. The number of hydrogen-bond donors (Lipinski definition) is 0. The fourth-order valence-corrected chi connectivity index (χ4v) is 4.70. The maximum absolute atomic E-state index is 12.8. The second kappa shape index (κ2) is 7.03. The third-order valence-electron chi connectivity index (χ3n) is 3.77. The van der Waals surface area contributed by atoms with Crippen LogP contribution < -0.4 is 0 Å². The molecule has 1 aliphatic heterocycles. The lowest BCUT2D eigenvalue weighted by Crippen LogP contribution is -2.40. The Morgan fingerprint density at radius 1 is 1.24 bits per heavy atom. The van der Waals surface area contributed by atoms with Crippen molar-refractivity contribution in [2.75, 3.05) is 6.54 Å². The summed E-state index contributed by atoms with van der Waals surface area (Å²) in [7, 11) is -3.54. The van der Waals surface area contributed by atoms with Gasteiger partial charge in [-0.2, -0.15) is 4.31 Å². The van der Waals surface area contributed by atoms with Crippen LogP contribution in [-0.4, -0.2) is 31.1 Å². The largest absolute Gasteiger partial charge is 0.300 e. The molecule has 0 saturated carbocycles. The molecule has 6 heteroatoms. The molecule has 1 aliphatic rings. The zero-order chi connectivity index (χ0) is 15.5. The van der Waals surface area contributed by atoms with E-state index < -0.39 is 10.0 Å². The van der Waals surface area contributed by atoms with Gasteiger partial charge in [-0.3, -0.25) is 4.79 Å². The molecule has 1 fully saturated rings. The molecule has 4 nitrogen and oxygen atoms in total. The van der Waals surface area contributed by atoms with Gasteiger partial charge in [-0.25, -0.2) is 8.42 Å². The predicted octanol–water partition coefficient (Wildman–Crippen LogP) is 3.36. The zero-order valence-electron chi connectivity index (χ0n) is 12.1. The summed E-state index contributed by atoms with van der Waals surface area (Å²) in [6.07, 6.45) is 3.90. The summed E-state index contributed by atoms with van der Waals surface area (Å²) in [4.78, 5) is 11.7. The van der Waals surface area contributed by atoms with Crippen LogP contribution in [0.1, 0.15) is 39.0 Å². The molecule has 21 heavy (non-hydrogen) atoms. The maximum atomic E-state index is 12.8. The van der Waals surface area contributed by atoms with Crippen molar-refractivity contribution in [3.8, 4) is 0 Å². The Morgan fingerprint density at radius 2 is 1.90 bits per heavy atom. The maximum Gasteiger partial charge on any atom is 0.243 e. The molecular weight excluding hydrogens is 354 g/mol. The van der Waals surface area contributed by atoms with Crippen LogP contribution in [0.5, 0.6) is 0 Å². The van der Waals surface area contributed by atoms with Crippen molar-refractivity contribution in [1.82, 2.24) is 4.31 Å². The second-order valence-corrected chi connectivity index (χ2v) is 8.29. The number of sulfonamides is 1. The molecule has 0 bridgehead atoms. The van der Waals surface area contributed by atoms with Gasteiger partial charge in [-0.15, -0.1) is 0 Å². The summed E-state index contributed by atoms with van der Waals surface area (Å²) in [5.74, 6) is 0.0397. The van der Waals surface area contributed by atoms with E-state index in [1.807, 2.05) is 0 Å². The highest BCUT2D eigenvalue weighted by molar-refractivity contribution is 9.10. The third-order valence-corrected chi connectivity index (χ3v) is 6.26. The Hall–Kier alpha value is -0.720. The van der Waals surface area contributed by atoms with Crippen LogP contribution in [0.15, 0.2) is 33.6 Å². The highest BCUT2D eigenvalue weighted by Crippen LogP contribution is 2.27. The average Bonchev–Trinajstić information content (AvgIpc) is 2.64. The van der Waals surface area contributed by atoms with E-state index in [2.05, 4.69) is 15.9 Å². The molecule has 0 aliphatic carbocycles. The number of Topliss-reactive ketones (excluding diaryl/α,β-unsaturated/α-hetero) is 1. The molecule has 2 rings (SSSR count). The molecule has 0 radical (unpaired) electrons. The van der Waals surface area contributed by atoms with Crippen molar-refractivity contribution in [1.29, 1.82) is 0 Å². The number of hydrogen-bond acceptors (Lipinski definition) is 3. The van der Waals surface area contributed by atoms with Gasteiger partial charge in [-0.1, -0.05) is 28.8 Å². The molecule has 0 amide bonds. The minimum Gasteiger partial charge on any atom is -0.300 e. The molecule has 1 atom stereocenters. The molecule has 116 valence electrons. The number of ketones is 1. The number of carbonyl (C=O) groups is 1.